The Hall–Kier alpha value is -1.55. The summed E-state index contributed by atoms with van der Waals surface area (Å²) in [6, 6.07) is 8.11. The molecule has 1 aliphatic rings. The minimum atomic E-state index is -0.267. The summed E-state index contributed by atoms with van der Waals surface area (Å²) < 4.78 is 5.78. The Bertz CT molecular complexity index is 472. The third-order valence-corrected chi connectivity index (χ3v) is 4.25. The van der Waals surface area contributed by atoms with Gasteiger partial charge in [0.2, 0.25) is 5.91 Å². The van der Waals surface area contributed by atoms with E-state index in [0.717, 1.165) is 38.2 Å². The first-order valence-electron chi connectivity index (χ1n) is 7.67. The number of rotatable bonds is 5. The first-order chi connectivity index (χ1) is 10.0. The molecule has 1 fully saturated rings. The largest absolute Gasteiger partial charge is 0.492 e. The average molecular weight is 290 g/mol. The maximum Gasteiger partial charge on any atom is 0.226 e. The van der Waals surface area contributed by atoms with Crippen LogP contribution < -0.4 is 10.1 Å². The van der Waals surface area contributed by atoms with Gasteiger partial charge in [0.1, 0.15) is 12.4 Å². The van der Waals surface area contributed by atoms with Crippen molar-refractivity contribution >= 4 is 5.91 Å². The molecule has 0 aromatic heterocycles. The van der Waals surface area contributed by atoms with Crippen molar-refractivity contribution < 1.29 is 9.53 Å². The minimum absolute atomic E-state index is 0.145. The molecule has 0 bridgehead atoms. The number of hydrogen-bond donors (Lipinski definition) is 1. The Morgan fingerprint density at radius 1 is 1.38 bits per heavy atom. The van der Waals surface area contributed by atoms with Crippen LogP contribution in [0.4, 0.5) is 0 Å². The third kappa shape index (κ3) is 4.21. The van der Waals surface area contributed by atoms with Crippen molar-refractivity contribution in [1.29, 1.82) is 0 Å². The number of ether oxygens (including phenoxy) is 1. The van der Waals surface area contributed by atoms with Crippen LogP contribution in [0.2, 0.25) is 0 Å². The highest BCUT2D eigenvalue weighted by atomic mass is 16.5. The Morgan fingerprint density at radius 3 is 2.76 bits per heavy atom. The van der Waals surface area contributed by atoms with E-state index in [0.29, 0.717) is 6.61 Å². The number of carbonyl (C=O) groups is 1. The highest BCUT2D eigenvalue weighted by molar-refractivity contribution is 5.82. The molecule has 1 N–H and O–H groups in total. The van der Waals surface area contributed by atoms with E-state index in [1.54, 1.807) is 7.05 Å². The van der Waals surface area contributed by atoms with Gasteiger partial charge in [-0.2, -0.15) is 0 Å². The molecular formula is C17H26N2O2. The topological polar surface area (TPSA) is 41.6 Å². The molecule has 0 aliphatic carbocycles. The van der Waals surface area contributed by atoms with Gasteiger partial charge in [0.15, 0.2) is 0 Å². The fourth-order valence-corrected chi connectivity index (χ4v) is 2.95. The van der Waals surface area contributed by atoms with Gasteiger partial charge in [0.25, 0.3) is 0 Å². The quantitative estimate of drug-likeness (QED) is 0.904. The molecule has 1 amide bonds. The summed E-state index contributed by atoms with van der Waals surface area (Å²) in [6.07, 6.45) is 2.02. The van der Waals surface area contributed by atoms with Crippen molar-refractivity contribution in [2.75, 3.05) is 33.3 Å². The maximum absolute atomic E-state index is 12.0. The van der Waals surface area contributed by atoms with Gasteiger partial charge in [-0.05, 0) is 45.4 Å². The lowest BCUT2D eigenvalue weighted by molar-refractivity contribution is -0.132. The van der Waals surface area contributed by atoms with Crippen molar-refractivity contribution in [1.82, 2.24) is 10.2 Å². The molecule has 4 nitrogen and oxygen atoms in total. The molecule has 0 spiro atoms. The number of piperidine rings is 1. The zero-order chi connectivity index (χ0) is 15.3. The van der Waals surface area contributed by atoms with Crippen LogP contribution in [0.3, 0.4) is 0 Å². The molecule has 1 heterocycles. The number of amides is 1. The SMILES string of the molecule is CNC(=O)C1(C)CCCN(CCOc2ccc(C)cc2)C1. The summed E-state index contributed by atoms with van der Waals surface area (Å²) >= 11 is 0. The standard InChI is InChI=1S/C17H26N2O2/c1-14-5-7-15(8-6-14)21-12-11-19-10-4-9-17(2,13-19)16(20)18-3/h5-8H,4,9-13H2,1-3H3,(H,18,20). The zero-order valence-corrected chi connectivity index (χ0v) is 13.3. The van der Waals surface area contributed by atoms with Gasteiger partial charge in [-0.3, -0.25) is 9.69 Å². The fraction of sp³-hybridized carbons (Fsp3) is 0.588. The molecule has 1 saturated heterocycles. The van der Waals surface area contributed by atoms with Gasteiger partial charge >= 0.3 is 0 Å². The van der Waals surface area contributed by atoms with Gasteiger partial charge in [-0.1, -0.05) is 17.7 Å². The fourth-order valence-electron chi connectivity index (χ4n) is 2.95. The second kappa shape index (κ2) is 6.94. The predicted octanol–water partition coefficient (Wildman–Crippen LogP) is 2.22. The molecule has 1 aromatic carbocycles. The second-order valence-electron chi connectivity index (χ2n) is 6.18. The zero-order valence-electron chi connectivity index (χ0n) is 13.3. The highest BCUT2D eigenvalue weighted by Gasteiger charge is 2.36. The van der Waals surface area contributed by atoms with Crippen LogP contribution in [-0.2, 0) is 4.79 Å². The van der Waals surface area contributed by atoms with Gasteiger partial charge < -0.3 is 10.1 Å². The number of nitrogens with one attached hydrogen (secondary N) is 1. The average Bonchev–Trinajstić information content (AvgIpc) is 2.48. The van der Waals surface area contributed by atoms with Crippen LogP contribution in [0.5, 0.6) is 5.75 Å². The Balaban J connectivity index is 1.80. The molecule has 116 valence electrons. The molecule has 0 radical (unpaired) electrons. The van der Waals surface area contributed by atoms with Crippen LogP contribution in [-0.4, -0.2) is 44.1 Å². The van der Waals surface area contributed by atoms with E-state index in [1.165, 1.54) is 5.56 Å². The van der Waals surface area contributed by atoms with Crippen LogP contribution in [0.25, 0.3) is 0 Å². The van der Waals surface area contributed by atoms with Crippen molar-refractivity contribution in [2.24, 2.45) is 5.41 Å². The molecule has 1 unspecified atom stereocenters. The second-order valence-corrected chi connectivity index (χ2v) is 6.18. The molecule has 1 atom stereocenters. The summed E-state index contributed by atoms with van der Waals surface area (Å²) in [4.78, 5) is 14.3. The molecule has 1 aromatic rings. The van der Waals surface area contributed by atoms with Crippen molar-refractivity contribution in [2.45, 2.75) is 26.7 Å². The Kier molecular flexibility index (Phi) is 5.23. The summed E-state index contributed by atoms with van der Waals surface area (Å²) in [5, 5.41) is 2.79. The van der Waals surface area contributed by atoms with E-state index in [9.17, 15) is 4.79 Å². The molecule has 1 aliphatic heterocycles. The van der Waals surface area contributed by atoms with E-state index in [4.69, 9.17) is 4.74 Å². The number of benzene rings is 1. The Morgan fingerprint density at radius 2 is 2.10 bits per heavy atom. The Labute approximate surface area is 127 Å². The van der Waals surface area contributed by atoms with E-state index < -0.39 is 0 Å². The first kappa shape index (κ1) is 15.8. The van der Waals surface area contributed by atoms with E-state index in [1.807, 2.05) is 12.1 Å². The van der Waals surface area contributed by atoms with E-state index >= 15 is 0 Å². The number of aryl methyl sites for hydroxylation is 1. The summed E-state index contributed by atoms with van der Waals surface area (Å²) in [7, 11) is 1.72. The van der Waals surface area contributed by atoms with Crippen molar-refractivity contribution in [3.05, 3.63) is 29.8 Å². The van der Waals surface area contributed by atoms with E-state index in [-0.39, 0.29) is 11.3 Å². The summed E-state index contributed by atoms with van der Waals surface area (Å²) in [5.41, 5.74) is 0.969. The normalized spacial score (nSPS) is 22.8. The van der Waals surface area contributed by atoms with E-state index in [2.05, 4.69) is 36.2 Å². The summed E-state index contributed by atoms with van der Waals surface area (Å²) in [5.74, 6) is 1.05. The van der Waals surface area contributed by atoms with Gasteiger partial charge in [0, 0.05) is 20.1 Å². The number of likely N-dealkylation sites (tertiary alicyclic amines) is 1. The monoisotopic (exact) mass is 290 g/mol. The van der Waals surface area contributed by atoms with Gasteiger partial charge in [-0.25, -0.2) is 0 Å². The van der Waals surface area contributed by atoms with Crippen LogP contribution >= 0.6 is 0 Å². The van der Waals surface area contributed by atoms with Crippen molar-refractivity contribution in [3.8, 4) is 5.75 Å². The lowest BCUT2D eigenvalue weighted by Crippen LogP contribution is -2.50. The molecule has 0 saturated carbocycles. The predicted molar refractivity (Wildman–Crippen MR) is 84.5 cm³/mol. The lowest BCUT2D eigenvalue weighted by atomic mass is 9.81. The number of nitrogens with zero attached hydrogens (tertiary/aromatic N) is 1. The van der Waals surface area contributed by atoms with Gasteiger partial charge in [-0.15, -0.1) is 0 Å². The maximum atomic E-state index is 12.0. The first-order valence-corrected chi connectivity index (χ1v) is 7.67. The van der Waals surface area contributed by atoms with Crippen LogP contribution in [0.1, 0.15) is 25.3 Å². The van der Waals surface area contributed by atoms with Crippen LogP contribution in [0.15, 0.2) is 24.3 Å². The third-order valence-electron chi connectivity index (χ3n) is 4.25. The van der Waals surface area contributed by atoms with Crippen LogP contribution in [0, 0.1) is 12.3 Å². The van der Waals surface area contributed by atoms with Gasteiger partial charge in [0.05, 0.1) is 5.41 Å². The highest BCUT2D eigenvalue weighted by Crippen LogP contribution is 2.29. The summed E-state index contributed by atoms with van der Waals surface area (Å²) in [6.45, 7) is 7.50. The molecule has 21 heavy (non-hydrogen) atoms. The number of hydrogen-bond acceptors (Lipinski definition) is 3. The lowest BCUT2D eigenvalue weighted by Gasteiger charge is -2.38. The molecule has 2 rings (SSSR count). The molecule has 4 heteroatoms. The minimum Gasteiger partial charge on any atom is -0.492 e. The van der Waals surface area contributed by atoms with Crippen molar-refractivity contribution in [3.63, 3.8) is 0 Å². The number of carbonyl (C=O) groups excluding carboxylic acids is 1. The smallest absolute Gasteiger partial charge is 0.226 e. The molecular weight excluding hydrogens is 264 g/mol.